The van der Waals surface area contributed by atoms with Gasteiger partial charge in [-0.05, 0) is 22.0 Å². The molecule has 23 heavy (non-hydrogen) atoms. The van der Waals surface area contributed by atoms with Crippen LogP contribution in [0.2, 0.25) is 0 Å². The highest BCUT2D eigenvalue weighted by Crippen LogP contribution is 2.52. The van der Waals surface area contributed by atoms with Gasteiger partial charge in [-0.1, -0.05) is 0 Å². The Kier molecular flexibility index (Phi) is 4.85. The lowest BCUT2D eigenvalue weighted by atomic mass is 10.1. The second kappa shape index (κ2) is 6.36. The number of aromatic amines is 2. The number of nitrogens with one attached hydrogen (secondary N) is 2. The number of rotatable bonds is 5. The van der Waals surface area contributed by atoms with Crippen molar-refractivity contribution in [3.63, 3.8) is 0 Å². The molecule has 0 aliphatic rings. The molecular weight excluding hydrogens is 397 g/mol. The second-order valence-electron chi connectivity index (χ2n) is 4.41. The van der Waals surface area contributed by atoms with Crippen molar-refractivity contribution < 1.29 is 18.5 Å². The third-order valence-corrected chi connectivity index (χ3v) is 5.56. The Morgan fingerprint density at radius 1 is 1.26 bits per heavy atom. The van der Waals surface area contributed by atoms with Crippen LogP contribution in [0.5, 0.6) is 0 Å². The Balaban J connectivity index is 2.91. The fourth-order valence-electron chi connectivity index (χ4n) is 2.03. The summed E-state index contributed by atoms with van der Waals surface area (Å²) in [5.41, 5.74) is -2.26. The van der Waals surface area contributed by atoms with Crippen LogP contribution >= 0.6 is 23.5 Å². The van der Waals surface area contributed by atoms with Gasteiger partial charge >= 0.3 is 18.7 Å². The molecule has 12 heteroatoms. The zero-order valence-electron chi connectivity index (χ0n) is 11.9. The van der Waals surface area contributed by atoms with Gasteiger partial charge in [-0.3, -0.25) is 24.3 Å². The fraction of sp³-hybridized carbons (Fsp3) is 0.273. The number of benzene rings is 1. The molecule has 0 bridgehead atoms. The van der Waals surface area contributed by atoms with E-state index in [1.54, 1.807) is 0 Å². The van der Waals surface area contributed by atoms with Crippen molar-refractivity contribution in [1.29, 1.82) is 0 Å². The molecule has 0 spiro atoms. The van der Waals surface area contributed by atoms with Gasteiger partial charge in [-0.2, -0.15) is 0 Å². The van der Waals surface area contributed by atoms with Crippen molar-refractivity contribution >= 4 is 40.2 Å². The normalized spacial score (nSPS) is 11.8. The molecule has 1 aromatic carbocycles. The monoisotopic (exact) mass is 407 g/mol. The van der Waals surface area contributed by atoms with Gasteiger partial charge in [0.1, 0.15) is 0 Å². The quantitative estimate of drug-likeness (QED) is 0.333. The molecule has 1 aromatic heterocycles. The highest BCUT2D eigenvalue weighted by molar-refractivity contribution is 9.10. The van der Waals surface area contributed by atoms with E-state index in [0.717, 1.165) is 14.2 Å². The molecule has 2 aromatic rings. The van der Waals surface area contributed by atoms with Gasteiger partial charge in [0, 0.05) is 14.2 Å². The van der Waals surface area contributed by atoms with Gasteiger partial charge in [0.05, 0.1) is 32.2 Å². The maximum atomic E-state index is 12.4. The first-order chi connectivity index (χ1) is 10.7. The molecule has 0 fully saturated rings. The van der Waals surface area contributed by atoms with Gasteiger partial charge in [0.2, 0.25) is 0 Å². The summed E-state index contributed by atoms with van der Waals surface area (Å²) < 4.78 is 22.0. The predicted molar refractivity (Wildman–Crippen MR) is 84.9 cm³/mol. The predicted octanol–water partition coefficient (Wildman–Crippen LogP) is 1.87. The minimum Gasteiger partial charge on any atom is -0.316 e. The highest BCUT2D eigenvalue weighted by atomic mass is 79.9. The van der Waals surface area contributed by atoms with Crippen molar-refractivity contribution in [2.45, 2.75) is 6.16 Å². The molecule has 0 radical (unpaired) electrons. The maximum absolute atomic E-state index is 12.4. The number of fused-ring (bicyclic) bond motifs is 1. The molecule has 0 aliphatic heterocycles. The Morgan fingerprint density at radius 3 is 2.35 bits per heavy atom. The average molecular weight is 408 g/mol. The number of H-pyrrole nitrogens is 2. The number of hydrogen-bond donors (Lipinski definition) is 2. The third-order valence-electron chi connectivity index (χ3n) is 3.14. The van der Waals surface area contributed by atoms with Gasteiger partial charge in [0.15, 0.2) is 0 Å². The Bertz CT molecular complexity index is 943. The van der Waals surface area contributed by atoms with Crippen LogP contribution in [0.15, 0.2) is 20.1 Å². The summed E-state index contributed by atoms with van der Waals surface area (Å²) in [5.74, 6) is 0. The minimum absolute atomic E-state index is 0.0150. The fourth-order valence-corrected chi connectivity index (χ4v) is 3.75. The molecule has 0 unspecified atom stereocenters. The lowest BCUT2D eigenvalue weighted by Gasteiger charge is -2.15. The second-order valence-corrected chi connectivity index (χ2v) is 7.53. The van der Waals surface area contributed by atoms with Gasteiger partial charge < -0.3 is 19.0 Å². The Hall–Kier alpha value is -1.81. The molecule has 0 amide bonds. The molecule has 124 valence electrons. The van der Waals surface area contributed by atoms with E-state index in [1.165, 1.54) is 6.07 Å². The summed E-state index contributed by atoms with van der Waals surface area (Å²) in [6, 6.07) is 1.28. The van der Waals surface area contributed by atoms with Gasteiger partial charge in [-0.25, -0.2) is 0 Å². The zero-order chi connectivity index (χ0) is 17.4. The number of hydrogen-bond acceptors (Lipinski definition) is 7. The van der Waals surface area contributed by atoms with Gasteiger partial charge in [0.25, 0.3) is 5.69 Å². The standard InChI is InChI=1S/C11H11BrN3O7P/c1-21-23(20,22-2)4-5-8-7(13-10(16)11(17)14-8)3-6(12)9(5)15(18)19/h3H,4H2,1-2H3,(H,13,16)(H,14,17). The molecule has 0 saturated carbocycles. The van der Waals surface area contributed by atoms with E-state index in [2.05, 4.69) is 25.9 Å². The van der Waals surface area contributed by atoms with Crippen LogP contribution in [-0.4, -0.2) is 29.1 Å². The van der Waals surface area contributed by atoms with Crippen molar-refractivity contribution in [2.24, 2.45) is 0 Å². The first-order valence-electron chi connectivity index (χ1n) is 6.05. The van der Waals surface area contributed by atoms with Crippen molar-refractivity contribution in [3.8, 4) is 0 Å². The van der Waals surface area contributed by atoms with Crippen molar-refractivity contribution in [3.05, 3.63) is 46.9 Å². The largest absolute Gasteiger partial charge is 0.334 e. The SMILES string of the molecule is COP(=O)(Cc1c([N+](=O)[O-])c(Br)cc2[nH]c(=O)c(=O)[nH]c12)OC. The van der Waals surface area contributed by atoms with E-state index >= 15 is 0 Å². The van der Waals surface area contributed by atoms with E-state index in [0.29, 0.717) is 0 Å². The lowest BCUT2D eigenvalue weighted by Crippen LogP contribution is -2.29. The number of halogens is 1. The van der Waals surface area contributed by atoms with Crippen LogP contribution in [0, 0.1) is 10.1 Å². The molecular formula is C11H11BrN3O7P. The summed E-state index contributed by atoms with van der Waals surface area (Å²) in [5, 5.41) is 11.3. The Morgan fingerprint density at radius 2 is 1.83 bits per heavy atom. The molecule has 0 saturated heterocycles. The molecule has 2 N–H and O–H groups in total. The zero-order valence-corrected chi connectivity index (χ0v) is 14.4. The molecule has 0 aliphatic carbocycles. The summed E-state index contributed by atoms with van der Waals surface area (Å²) >= 11 is 3.04. The van der Waals surface area contributed by atoms with Crippen LogP contribution in [0.4, 0.5) is 5.69 Å². The average Bonchev–Trinajstić information content (AvgIpc) is 2.48. The summed E-state index contributed by atoms with van der Waals surface area (Å²) in [7, 11) is -1.38. The van der Waals surface area contributed by atoms with E-state index in [9.17, 15) is 24.3 Å². The minimum atomic E-state index is -3.66. The third kappa shape index (κ3) is 3.27. The van der Waals surface area contributed by atoms with Crippen molar-refractivity contribution in [2.75, 3.05) is 14.2 Å². The Labute approximate surface area is 136 Å². The molecule has 1 heterocycles. The van der Waals surface area contributed by atoms with Crippen LogP contribution in [0.3, 0.4) is 0 Å². The molecule has 0 atom stereocenters. The van der Waals surface area contributed by atoms with Crippen LogP contribution < -0.4 is 11.1 Å². The molecule has 2 rings (SSSR count). The summed E-state index contributed by atoms with van der Waals surface area (Å²) in [4.78, 5) is 38.2. The van der Waals surface area contributed by atoms with Crippen LogP contribution in [0.25, 0.3) is 11.0 Å². The number of nitro groups is 1. The van der Waals surface area contributed by atoms with E-state index < -0.39 is 35.5 Å². The van der Waals surface area contributed by atoms with E-state index in [4.69, 9.17) is 9.05 Å². The highest BCUT2D eigenvalue weighted by Gasteiger charge is 2.31. The topological polar surface area (TPSA) is 144 Å². The first kappa shape index (κ1) is 17.5. The maximum Gasteiger partial charge on any atom is 0.334 e. The van der Waals surface area contributed by atoms with Crippen molar-refractivity contribution in [1.82, 2.24) is 9.97 Å². The summed E-state index contributed by atoms with van der Waals surface area (Å²) in [6.45, 7) is 0. The van der Waals surface area contributed by atoms with E-state index in [1.807, 2.05) is 0 Å². The molecule has 10 nitrogen and oxygen atoms in total. The number of nitrogens with zero attached hydrogens (tertiary/aromatic N) is 1. The first-order valence-corrected chi connectivity index (χ1v) is 8.57. The number of aromatic nitrogens is 2. The smallest absolute Gasteiger partial charge is 0.316 e. The van der Waals surface area contributed by atoms with Crippen LogP contribution in [-0.2, 0) is 19.8 Å². The number of nitro benzene ring substituents is 1. The van der Waals surface area contributed by atoms with Gasteiger partial charge in [-0.15, -0.1) is 0 Å². The van der Waals surface area contributed by atoms with E-state index in [-0.39, 0.29) is 21.1 Å². The summed E-state index contributed by atoms with van der Waals surface area (Å²) in [6.07, 6.45) is -0.464. The lowest BCUT2D eigenvalue weighted by molar-refractivity contribution is -0.386. The van der Waals surface area contributed by atoms with Crippen LogP contribution in [0.1, 0.15) is 5.56 Å².